The van der Waals surface area contributed by atoms with E-state index in [1.165, 1.54) is 0 Å². The Hall–Kier alpha value is -3.21. The Morgan fingerprint density at radius 1 is 1.17 bits per heavy atom. The van der Waals surface area contributed by atoms with Crippen molar-refractivity contribution in [3.8, 4) is 0 Å². The summed E-state index contributed by atoms with van der Waals surface area (Å²) in [6.07, 6.45) is -2.84. The second-order valence-corrected chi connectivity index (χ2v) is 6.20. The molecule has 3 rings (SSSR count). The smallest absolute Gasteiger partial charge is 0.344 e. The number of alkyl halides is 3. The van der Waals surface area contributed by atoms with E-state index in [9.17, 15) is 31.5 Å². The summed E-state index contributed by atoms with van der Waals surface area (Å²) in [5.41, 5.74) is -1.07. The normalized spacial score (nSPS) is 11.5. The van der Waals surface area contributed by atoms with Crippen LogP contribution in [0.5, 0.6) is 0 Å². The summed E-state index contributed by atoms with van der Waals surface area (Å²) in [4.78, 5) is 30.0. The van der Waals surface area contributed by atoms with Gasteiger partial charge in [-0.3, -0.25) is 9.59 Å². The number of hydrogen-bond donors (Lipinski definition) is 3. The average molecular weight is 433 g/mol. The molecule has 0 bridgehead atoms. The first-order valence-corrected chi connectivity index (χ1v) is 8.21. The molecule has 152 valence electrons. The summed E-state index contributed by atoms with van der Waals surface area (Å²) in [6, 6.07) is 2.85. The Balaban J connectivity index is 1.67. The SMILES string of the molecule is O=C(NCc1ccc(C(F)(F)F)c(Cl)c1)C(=O)Nc1c[nH]c2ncc(F)c(F)c12. The number of anilines is 1. The fourth-order valence-electron chi connectivity index (χ4n) is 2.47. The quantitative estimate of drug-likeness (QED) is 0.435. The number of pyridine rings is 1. The molecule has 3 aromatic rings. The Morgan fingerprint density at radius 2 is 1.90 bits per heavy atom. The highest BCUT2D eigenvalue weighted by Gasteiger charge is 2.33. The minimum absolute atomic E-state index is 0.0426. The van der Waals surface area contributed by atoms with E-state index >= 15 is 0 Å². The largest absolute Gasteiger partial charge is 0.417 e. The van der Waals surface area contributed by atoms with Gasteiger partial charge in [0.05, 0.1) is 27.9 Å². The molecule has 0 saturated carbocycles. The highest BCUT2D eigenvalue weighted by atomic mass is 35.5. The van der Waals surface area contributed by atoms with Crippen LogP contribution in [0.3, 0.4) is 0 Å². The van der Waals surface area contributed by atoms with Crippen LogP contribution < -0.4 is 10.6 Å². The summed E-state index contributed by atoms with van der Waals surface area (Å²) in [6.45, 7) is -0.289. The number of hydrogen-bond acceptors (Lipinski definition) is 3. The molecule has 29 heavy (non-hydrogen) atoms. The van der Waals surface area contributed by atoms with Gasteiger partial charge in [0.1, 0.15) is 5.65 Å². The van der Waals surface area contributed by atoms with E-state index in [0.29, 0.717) is 6.20 Å². The van der Waals surface area contributed by atoms with Crippen LogP contribution in [0.1, 0.15) is 11.1 Å². The molecule has 0 radical (unpaired) electrons. The first kappa shape index (κ1) is 20.5. The van der Waals surface area contributed by atoms with Gasteiger partial charge in [0, 0.05) is 12.7 Å². The number of H-pyrrole nitrogens is 1. The van der Waals surface area contributed by atoms with Crippen molar-refractivity contribution in [1.29, 1.82) is 0 Å². The van der Waals surface area contributed by atoms with Gasteiger partial charge in [-0.05, 0) is 17.7 Å². The fraction of sp³-hybridized carbons (Fsp3) is 0.118. The van der Waals surface area contributed by atoms with E-state index in [1.54, 1.807) is 0 Å². The highest BCUT2D eigenvalue weighted by Crippen LogP contribution is 2.34. The van der Waals surface area contributed by atoms with Gasteiger partial charge < -0.3 is 15.6 Å². The number of halogens is 6. The summed E-state index contributed by atoms with van der Waals surface area (Å²) in [7, 11) is 0. The van der Waals surface area contributed by atoms with Gasteiger partial charge in [-0.2, -0.15) is 13.2 Å². The van der Waals surface area contributed by atoms with Crippen LogP contribution in [0.4, 0.5) is 27.6 Å². The van der Waals surface area contributed by atoms with E-state index in [-0.39, 0.29) is 28.8 Å². The predicted octanol–water partition coefficient (Wildman–Crippen LogP) is 3.77. The molecule has 0 aliphatic carbocycles. The molecule has 0 fully saturated rings. The molecule has 3 N–H and O–H groups in total. The zero-order valence-electron chi connectivity index (χ0n) is 14.1. The number of benzene rings is 1. The molecule has 0 saturated heterocycles. The number of carbonyl (C=O) groups excluding carboxylic acids is 2. The van der Waals surface area contributed by atoms with Gasteiger partial charge in [-0.15, -0.1) is 0 Å². The fourth-order valence-corrected chi connectivity index (χ4v) is 2.78. The summed E-state index contributed by atoms with van der Waals surface area (Å²) in [5, 5.41) is 3.39. The lowest BCUT2D eigenvalue weighted by atomic mass is 10.1. The molecule has 12 heteroatoms. The second kappa shape index (κ2) is 7.66. The summed E-state index contributed by atoms with van der Waals surface area (Å²) >= 11 is 5.58. The Morgan fingerprint density at radius 3 is 2.55 bits per heavy atom. The Kier molecular flexibility index (Phi) is 5.42. The average Bonchev–Trinajstić information content (AvgIpc) is 3.05. The third-order valence-electron chi connectivity index (χ3n) is 3.84. The van der Waals surface area contributed by atoms with E-state index in [0.717, 1.165) is 24.4 Å². The van der Waals surface area contributed by atoms with E-state index in [1.807, 2.05) is 0 Å². The molecule has 6 nitrogen and oxygen atoms in total. The van der Waals surface area contributed by atoms with Gasteiger partial charge in [-0.25, -0.2) is 13.8 Å². The first-order chi connectivity index (χ1) is 13.6. The van der Waals surface area contributed by atoms with Gasteiger partial charge in [0.2, 0.25) is 0 Å². The maximum atomic E-state index is 13.9. The lowest BCUT2D eigenvalue weighted by molar-refractivity contribution is -0.137. The summed E-state index contributed by atoms with van der Waals surface area (Å²) < 4.78 is 65.3. The topological polar surface area (TPSA) is 86.9 Å². The van der Waals surface area contributed by atoms with Crippen molar-refractivity contribution in [1.82, 2.24) is 15.3 Å². The molecule has 2 aromatic heterocycles. The molecule has 1 aromatic carbocycles. The van der Waals surface area contributed by atoms with Crippen molar-refractivity contribution in [2.45, 2.75) is 12.7 Å². The molecule has 0 spiro atoms. The minimum atomic E-state index is -4.62. The molecular formula is C17H10ClF5N4O2. The lowest BCUT2D eigenvalue weighted by Gasteiger charge is -2.11. The predicted molar refractivity (Wildman–Crippen MR) is 92.9 cm³/mol. The van der Waals surface area contributed by atoms with Gasteiger partial charge in [0.15, 0.2) is 11.6 Å². The van der Waals surface area contributed by atoms with Gasteiger partial charge in [-0.1, -0.05) is 17.7 Å². The van der Waals surface area contributed by atoms with E-state index in [4.69, 9.17) is 11.6 Å². The van der Waals surface area contributed by atoms with Crippen molar-refractivity contribution in [2.24, 2.45) is 0 Å². The van der Waals surface area contributed by atoms with Crippen molar-refractivity contribution in [2.75, 3.05) is 5.32 Å². The van der Waals surface area contributed by atoms with Crippen LogP contribution in [0, 0.1) is 11.6 Å². The molecule has 0 atom stereocenters. The van der Waals surface area contributed by atoms with Crippen LogP contribution >= 0.6 is 11.6 Å². The zero-order chi connectivity index (χ0) is 21.3. The van der Waals surface area contributed by atoms with Crippen LogP contribution in [0.25, 0.3) is 11.0 Å². The molecule has 2 amide bonds. The number of amides is 2. The van der Waals surface area contributed by atoms with Crippen LogP contribution in [-0.2, 0) is 22.3 Å². The number of rotatable bonds is 3. The van der Waals surface area contributed by atoms with Crippen molar-refractivity contribution < 1.29 is 31.5 Å². The number of aromatic nitrogens is 2. The molecule has 0 aliphatic heterocycles. The van der Waals surface area contributed by atoms with Crippen molar-refractivity contribution >= 4 is 40.1 Å². The lowest BCUT2D eigenvalue weighted by Crippen LogP contribution is -2.35. The number of carbonyl (C=O) groups is 2. The molecule has 2 heterocycles. The monoisotopic (exact) mass is 432 g/mol. The maximum Gasteiger partial charge on any atom is 0.417 e. The second-order valence-electron chi connectivity index (χ2n) is 5.79. The highest BCUT2D eigenvalue weighted by molar-refractivity contribution is 6.40. The van der Waals surface area contributed by atoms with E-state index < -0.39 is 40.2 Å². The molecule has 0 aliphatic rings. The van der Waals surface area contributed by atoms with Crippen LogP contribution in [0.2, 0.25) is 5.02 Å². The van der Waals surface area contributed by atoms with Crippen LogP contribution in [-0.4, -0.2) is 21.8 Å². The number of nitrogens with one attached hydrogen (secondary N) is 3. The van der Waals surface area contributed by atoms with E-state index in [2.05, 4.69) is 20.6 Å². The van der Waals surface area contributed by atoms with Crippen molar-refractivity contribution in [3.05, 3.63) is 58.4 Å². The number of fused-ring (bicyclic) bond motifs is 1. The zero-order valence-corrected chi connectivity index (χ0v) is 14.9. The Labute approximate surface area is 164 Å². The number of nitrogens with zero attached hydrogens (tertiary/aromatic N) is 1. The molecular weight excluding hydrogens is 423 g/mol. The minimum Gasteiger partial charge on any atom is -0.344 e. The van der Waals surface area contributed by atoms with Crippen molar-refractivity contribution in [3.63, 3.8) is 0 Å². The standard InChI is InChI=1S/C17H10ClF5N4O2/c18-9-3-7(1-2-8(9)17(21,22)23)4-26-15(28)16(29)27-11-6-25-14-12(11)13(20)10(19)5-24-14/h1-3,5-6H,4H2,(H,24,25)(H,26,28)(H,27,29). The third-order valence-corrected chi connectivity index (χ3v) is 4.15. The van der Waals surface area contributed by atoms with Gasteiger partial charge >= 0.3 is 18.0 Å². The van der Waals surface area contributed by atoms with Crippen LogP contribution in [0.15, 0.2) is 30.6 Å². The summed E-state index contributed by atoms with van der Waals surface area (Å²) in [5.74, 6) is -4.85. The Bertz CT molecular complexity index is 1110. The maximum absolute atomic E-state index is 13.9. The van der Waals surface area contributed by atoms with Gasteiger partial charge in [0.25, 0.3) is 0 Å². The molecule has 0 unspecified atom stereocenters. The third kappa shape index (κ3) is 4.29. The first-order valence-electron chi connectivity index (χ1n) is 7.84. The number of aromatic amines is 1.